The monoisotopic (exact) mass is 398 g/mol. The Balaban J connectivity index is 1.92. The van der Waals surface area contributed by atoms with E-state index < -0.39 is 11.7 Å². The molecule has 1 heterocycles. The number of carbonyl (C=O) groups is 1. The van der Waals surface area contributed by atoms with Gasteiger partial charge in [0.15, 0.2) is 5.17 Å². The molecule has 0 N–H and O–H groups in total. The van der Waals surface area contributed by atoms with Crippen LogP contribution in [0.3, 0.4) is 0 Å². The lowest BCUT2D eigenvalue weighted by Gasteiger charge is -2.28. The minimum absolute atomic E-state index is 0.160. The van der Waals surface area contributed by atoms with Crippen molar-refractivity contribution in [3.63, 3.8) is 0 Å². The van der Waals surface area contributed by atoms with Gasteiger partial charge in [-0.15, -0.1) is 0 Å². The van der Waals surface area contributed by atoms with Crippen molar-refractivity contribution in [1.29, 1.82) is 0 Å². The summed E-state index contributed by atoms with van der Waals surface area (Å²) in [6, 6.07) is 11.3. The van der Waals surface area contributed by atoms with Crippen LogP contribution in [0.15, 0.2) is 53.5 Å². The maximum Gasteiger partial charge on any atom is 0.416 e. The zero-order valence-electron chi connectivity index (χ0n) is 13.5. The molecular formula is C18H14ClF3N2OS. The normalized spacial score (nSPS) is 16.8. The molecule has 0 spiro atoms. The molecule has 0 atom stereocenters. The van der Waals surface area contributed by atoms with E-state index in [1.807, 2.05) is 0 Å². The van der Waals surface area contributed by atoms with Crippen molar-refractivity contribution in [3.05, 3.63) is 64.7 Å². The second-order valence-corrected chi connectivity index (χ2v) is 7.11. The average molecular weight is 399 g/mol. The number of aliphatic imine (C=N–C) groups is 1. The summed E-state index contributed by atoms with van der Waals surface area (Å²) in [5.74, 6) is 0.474. The van der Waals surface area contributed by atoms with E-state index in [2.05, 4.69) is 4.99 Å². The van der Waals surface area contributed by atoms with Crippen LogP contribution < -0.4 is 0 Å². The Morgan fingerprint density at radius 2 is 1.92 bits per heavy atom. The molecule has 1 aliphatic rings. The Bertz CT molecular complexity index is 854. The number of rotatable bonds is 2. The number of hydrogen-bond donors (Lipinski definition) is 0. The van der Waals surface area contributed by atoms with E-state index in [-0.39, 0.29) is 11.6 Å². The van der Waals surface area contributed by atoms with Crippen molar-refractivity contribution in [2.75, 3.05) is 12.3 Å². The highest BCUT2D eigenvalue weighted by atomic mass is 35.5. The summed E-state index contributed by atoms with van der Waals surface area (Å²) in [5.41, 5.74) is -0.197. The van der Waals surface area contributed by atoms with Crippen LogP contribution in [0.5, 0.6) is 0 Å². The third-order valence-corrected chi connectivity index (χ3v) is 5.00. The Hall–Kier alpha value is -1.99. The van der Waals surface area contributed by atoms with Crippen molar-refractivity contribution in [1.82, 2.24) is 4.90 Å². The molecule has 0 aliphatic carbocycles. The topological polar surface area (TPSA) is 32.7 Å². The van der Waals surface area contributed by atoms with Gasteiger partial charge in [0, 0.05) is 22.9 Å². The lowest BCUT2D eigenvalue weighted by Crippen LogP contribution is -2.39. The van der Waals surface area contributed by atoms with Gasteiger partial charge in [-0.25, -0.2) is 4.99 Å². The summed E-state index contributed by atoms with van der Waals surface area (Å²) in [6.07, 6.45) is -3.66. The highest BCUT2D eigenvalue weighted by Gasteiger charge is 2.31. The predicted octanol–water partition coefficient (Wildman–Crippen LogP) is 5.63. The summed E-state index contributed by atoms with van der Waals surface area (Å²) in [7, 11) is 0. The molecule has 0 bridgehead atoms. The van der Waals surface area contributed by atoms with Gasteiger partial charge < -0.3 is 0 Å². The summed E-state index contributed by atoms with van der Waals surface area (Å²) in [6.45, 7) is 0.455. The van der Waals surface area contributed by atoms with E-state index in [0.717, 1.165) is 24.3 Å². The Morgan fingerprint density at radius 3 is 2.65 bits per heavy atom. The van der Waals surface area contributed by atoms with Gasteiger partial charge in [0.25, 0.3) is 5.91 Å². The number of halogens is 4. The molecule has 1 saturated heterocycles. The maximum atomic E-state index is 12.9. The molecular weight excluding hydrogens is 385 g/mol. The van der Waals surface area contributed by atoms with Crippen molar-refractivity contribution < 1.29 is 18.0 Å². The first-order chi connectivity index (χ1) is 12.3. The molecule has 3 rings (SSSR count). The number of benzene rings is 2. The van der Waals surface area contributed by atoms with E-state index >= 15 is 0 Å². The molecule has 2 aromatic rings. The van der Waals surface area contributed by atoms with E-state index in [4.69, 9.17) is 11.6 Å². The molecule has 2 aromatic carbocycles. The molecule has 8 heteroatoms. The van der Waals surface area contributed by atoms with Crippen LogP contribution in [0.25, 0.3) is 0 Å². The second-order valence-electron chi connectivity index (χ2n) is 5.61. The lowest BCUT2D eigenvalue weighted by molar-refractivity contribution is -0.137. The van der Waals surface area contributed by atoms with Gasteiger partial charge in [0.05, 0.1) is 11.3 Å². The Kier molecular flexibility index (Phi) is 5.58. The number of amidine groups is 1. The Labute approximate surface area is 157 Å². The highest BCUT2D eigenvalue weighted by molar-refractivity contribution is 8.13. The van der Waals surface area contributed by atoms with Crippen molar-refractivity contribution >= 4 is 40.1 Å². The van der Waals surface area contributed by atoms with Gasteiger partial charge >= 0.3 is 6.18 Å². The number of amides is 1. The molecule has 0 unspecified atom stereocenters. The third-order valence-electron chi connectivity index (χ3n) is 3.70. The van der Waals surface area contributed by atoms with Gasteiger partial charge in [-0.05, 0) is 42.8 Å². The smallest absolute Gasteiger partial charge is 0.287 e. The fourth-order valence-electron chi connectivity index (χ4n) is 2.48. The summed E-state index contributed by atoms with van der Waals surface area (Å²) < 4.78 is 38.6. The van der Waals surface area contributed by atoms with Crippen molar-refractivity contribution in [2.24, 2.45) is 4.99 Å². The molecule has 0 saturated carbocycles. The predicted molar refractivity (Wildman–Crippen MR) is 98.1 cm³/mol. The fraction of sp³-hybridized carbons (Fsp3) is 0.222. The van der Waals surface area contributed by atoms with Crippen LogP contribution >= 0.6 is 23.4 Å². The standard InChI is InChI=1S/C18H14ClF3N2OS/c19-14-6-1-4-12(10-14)16(25)24-8-3-9-26-17(24)23-15-7-2-5-13(11-15)18(20,21)22/h1-2,4-7,10-11H,3,8-9H2. The first-order valence-electron chi connectivity index (χ1n) is 7.81. The van der Waals surface area contributed by atoms with Crippen LogP contribution in [-0.4, -0.2) is 28.3 Å². The van der Waals surface area contributed by atoms with Gasteiger partial charge in [0.1, 0.15) is 0 Å². The van der Waals surface area contributed by atoms with E-state index in [1.165, 1.54) is 28.8 Å². The lowest BCUT2D eigenvalue weighted by atomic mass is 10.2. The van der Waals surface area contributed by atoms with Gasteiger partial charge in [-0.2, -0.15) is 13.2 Å². The molecule has 1 fully saturated rings. The highest BCUT2D eigenvalue weighted by Crippen LogP contribution is 2.32. The summed E-state index contributed by atoms with van der Waals surface area (Å²) >= 11 is 7.29. The van der Waals surface area contributed by atoms with Crippen LogP contribution in [-0.2, 0) is 6.18 Å². The molecule has 1 aliphatic heterocycles. The molecule has 0 aromatic heterocycles. The fourth-order valence-corrected chi connectivity index (χ4v) is 3.63. The number of thioether (sulfide) groups is 1. The molecule has 1 amide bonds. The minimum Gasteiger partial charge on any atom is -0.287 e. The van der Waals surface area contributed by atoms with Crippen LogP contribution in [0.1, 0.15) is 22.3 Å². The van der Waals surface area contributed by atoms with Gasteiger partial charge in [-0.1, -0.05) is 35.5 Å². The van der Waals surface area contributed by atoms with Crippen molar-refractivity contribution in [3.8, 4) is 0 Å². The first kappa shape index (κ1) is 18.8. The average Bonchev–Trinajstić information content (AvgIpc) is 2.61. The first-order valence-corrected chi connectivity index (χ1v) is 9.17. The maximum absolute atomic E-state index is 12.9. The number of carbonyl (C=O) groups excluding carboxylic acids is 1. The van der Waals surface area contributed by atoms with Crippen LogP contribution in [0.4, 0.5) is 18.9 Å². The molecule has 3 nitrogen and oxygen atoms in total. The summed E-state index contributed by atoms with van der Waals surface area (Å²) in [5, 5.41) is 0.831. The van der Waals surface area contributed by atoms with E-state index in [0.29, 0.717) is 22.3 Å². The second kappa shape index (κ2) is 7.72. The Morgan fingerprint density at radius 1 is 1.15 bits per heavy atom. The number of hydrogen-bond acceptors (Lipinski definition) is 3. The SMILES string of the molecule is O=C(c1cccc(Cl)c1)N1CCCSC1=Nc1cccc(C(F)(F)F)c1. The molecule has 26 heavy (non-hydrogen) atoms. The number of alkyl halides is 3. The molecule has 136 valence electrons. The molecule has 0 radical (unpaired) electrons. The van der Waals surface area contributed by atoms with Crippen LogP contribution in [0, 0.1) is 0 Å². The van der Waals surface area contributed by atoms with Gasteiger partial charge in [0.2, 0.25) is 0 Å². The van der Waals surface area contributed by atoms with E-state index in [9.17, 15) is 18.0 Å². The largest absolute Gasteiger partial charge is 0.416 e. The van der Waals surface area contributed by atoms with Crippen LogP contribution in [0.2, 0.25) is 5.02 Å². The van der Waals surface area contributed by atoms with Crippen molar-refractivity contribution in [2.45, 2.75) is 12.6 Å². The van der Waals surface area contributed by atoms with Gasteiger partial charge in [-0.3, -0.25) is 9.69 Å². The van der Waals surface area contributed by atoms with E-state index in [1.54, 1.807) is 24.3 Å². The zero-order chi connectivity index (χ0) is 18.7. The summed E-state index contributed by atoms with van der Waals surface area (Å²) in [4.78, 5) is 18.6. The number of nitrogens with zero attached hydrogens (tertiary/aromatic N) is 2. The quantitative estimate of drug-likeness (QED) is 0.657. The zero-order valence-corrected chi connectivity index (χ0v) is 15.0. The minimum atomic E-state index is -4.44. The third kappa shape index (κ3) is 4.40.